The van der Waals surface area contributed by atoms with E-state index in [-0.39, 0.29) is 5.91 Å². The fourth-order valence-electron chi connectivity index (χ4n) is 3.63. The highest BCUT2D eigenvalue weighted by Crippen LogP contribution is 2.21. The average molecular weight is 344 g/mol. The van der Waals surface area contributed by atoms with Gasteiger partial charge < -0.3 is 19.9 Å². The van der Waals surface area contributed by atoms with Crippen molar-refractivity contribution in [3.63, 3.8) is 0 Å². The van der Waals surface area contributed by atoms with Crippen molar-refractivity contribution in [3.8, 4) is 0 Å². The maximum atomic E-state index is 11.8. The largest absolute Gasteiger partial charge is 0.384 e. The summed E-state index contributed by atoms with van der Waals surface area (Å²) in [6.45, 7) is 4.38. The third-order valence-corrected chi connectivity index (χ3v) is 4.97. The van der Waals surface area contributed by atoms with Crippen LogP contribution in [0.25, 0.3) is 0 Å². The van der Waals surface area contributed by atoms with Crippen LogP contribution in [-0.2, 0) is 16.1 Å². The SMILES string of the molecule is CN=C(NCc1ccc(N2CCCC2=O)cc1)N1CCC(COC)C1. The Labute approximate surface area is 149 Å². The highest BCUT2D eigenvalue weighted by atomic mass is 16.5. The minimum Gasteiger partial charge on any atom is -0.384 e. The molecule has 2 heterocycles. The van der Waals surface area contributed by atoms with E-state index in [9.17, 15) is 4.79 Å². The molecule has 0 radical (unpaired) electrons. The molecular formula is C19H28N4O2. The van der Waals surface area contributed by atoms with E-state index in [2.05, 4.69) is 27.3 Å². The quantitative estimate of drug-likeness (QED) is 0.654. The summed E-state index contributed by atoms with van der Waals surface area (Å²) in [5, 5.41) is 3.44. The summed E-state index contributed by atoms with van der Waals surface area (Å²) in [6, 6.07) is 8.23. The van der Waals surface area contributed by atoms with Crippen molar-refractivity contribution >= 4 is 17.6 Å². The number of carbonyl (C=O) groups excluding carboxylic acids is 1. The van der Waals surface area contributed by atoms with Gasteiger partial charge in [-0.15, -0.1) is 0 Å². The monoisotopic (exact) mass is 344 g/mol. The van der Waals surface area contributed by atoms with Crippen LogP contribution < -0.4 is 10.2 Å². The van der Waals surface area contributed by atoms with Crippen molar-refractivity contribution in [2.45, 2.75) is 25.8 Å². The van der Waals surface area contributed by atoms with E-state index in [0.717, 1.165) is 57.3 Å². The molecule has 1 N–H and O–H groups in total. The second-order valence-corrected chi connectivity index (χ2v) is 6.77. The lowest BCUT2D eigenvalue weighted by Gasteiger charge is -2.22. The minimum absolute atomic E-state index is 0.228. The molecule has 3 rings (SSSR count). The van der Waals surface area contributed by atoms with Crippen molar-refractivity contribution in [1.29, 1.82) is 0 Å². The van der Waals surface area contributed by atoms with Gasteiger partial charge in [-0.1, -0.05) is 12.1 Å². The van der Waals surface area contributed by atoms with Crippen LogP contribution in [0.2, 0.25) is 0 Å². The summed E-state index contributed by atoms with van der Waals surface area (Å²) in [4.78, 5) is 20.4. The van der Waals surface area contributed by atoms with Crippen LogP contribution in [0.5, 0.6) is 0 Å². The normalized spacial score (nSPS) is 21.3. The predicted octanol–water partition coefficient (Wildman–Crippen LogP) is 1.86. The van der Waals surface area contributed by atoms with E-state index in [4.69, 9.17) is 4.74 Å². The average Bonchev–Trinajstić information content (AvgIpc) is 3.26. The number of guanidine groups is 1. The minimum atomic E-state index is 0.228. The second kappa shape index (κ2) is 8.34. The van der Waals surface area contributed by atoms with Crippen LogP contribution >= 0.6 is 0 Å². The number of ether oxygens (including phenoxy) is 1. The third-order valence-electron chi connectivity index (χ3n) is 4.97. The number of nitrogens with one attached hydrogen (secondary N) is 1. The third kappa shape index (κ3) is 4.31. The molecular weight excluding hydrogens is 316 g/mol. The Hall–Kier alpha value is -2.08. The van der Waals surface area contributed by atoms with Crippen molar-refractivity contribution in [1.82, 2.24) is 10.2 Å². The van der Waals surface area contributed by atoms with Crippen LogP contribution in [0.15, 0.2) is 29.3 Å². The van der Waals surface area contributed by atoms with Crippen LogP contribution in [0.4, 0.5) is 5.69 Å². The fraction of sp³-hybridized carbons (Fsp3) is 0.579. The van der Waals surface area contributed by atoms with Gasteiger partial charge >= 0.3 is 0 Å². The maximum absolute atomic E-state index is 11.8. The Bertz CT molecular complexity index is 614. The number of hydrogen-bond donors (Lipinski definition) is 1. The zero-order valence-corrected chi connectivity index (χ0v) is 15.2. The Morgan fingerprint density at radius 2 is 2.12 bits per heavy atom. The molecule has 2 fully saturated rings. The summed E-state index contributed by atoms with van der Waals surface area (Å²) in [6.07, 6.45) is 2.77. The number of aliphatic imine (C=N–C) groups is 1. The lowest BCUT2D eigenvalue weighted by molar-refractivity contribution is -0.117. The summed E-state index contributed by atoms with van der Waals surface area (Å²) in [7, 11) is 3.59. The standard InChI is InChI=1S/C19H28N4O2/c1-20-19(22-11-9-16(13-22)14-25-2)21-12-15-5-7-17(8-6-15)23-10-3-4-18(23)24/h5-8,16H,3-4,9-14H2,1-2H3,(H,20,21). The van der Waals surface area contributed by atoms with Gasteiger partial charge in [-0.3, -0.25) is 9.79 Å². The van der Waals surface area contributed by atoms with Gasteiger partial charge in [0.05, 0.1) is 6.61 Å². The molecule has 6 nitrogen and oxygen atoms in total. The van der Waals surface area contributed by atoms with Gasteiger partial charge in [0.1, 0.15) is 0 Å². The van der Waals surface area contributed by atoms with Gasteiger partial charge in [0.25, 0.3) is 0 Å². The summed E-state index contributed by atoms with van der Waals surface area (Å²) >= 11 is 0. The Balaban J connectivity index is 1.53. The summed E-state index contributed by atoms with van der Waals surface area (Å²) in [5.41, 5.74) is 2.18. The topological polar surface area (TPSA) is 57.2 Å². The molecule has 2 aliphatic rings. The Morgan fingerprint density at radius 3 is 2.76 bits per heavy atom. The van der Waals surface area contributed by atoms with Crippen molar-refractivity contribution in [2.75, 3.05) is 45.3 Å². The number of hydrogen-bond acceptors (Lipinski definition) is 3. The molecule has 2 aliphatic heterocycles. The van der Waals surface area contributed by atoms with Crippen LogP contribution in [0.1, 0.15) is 24.8 Å². The first-order valence-corrected chi connectivity index (χ1v) is 9.05. The molecule has 1 aromatic carbocycles. The highest BCUT2D eigenvalue weighted by molar-refractivity contribution is 5.95. The number of amides is 1. The van der Waals surface area contributed by atoms with E-state index in [1.54, 1.807) is 7.11 Å². The summed E-state index contributed by atoms with van der Waals surface area (Å²) in [5.74, 6) is 1.75. The molecule has 0 saturated carbocycles. The number of carbonyl (C=O) groups is 1. The number of benzene rings is 1. The molecule has 2 saturated heterocycles. The molecule has 25 heavy (non-hydrogen) atoms. The smallest absolute Gasteiger partial charge is 0.227 e. The van der Waals surface area contributed by atoms with Gasteiger partial charge in [0.2, 0.25) is 5.91 Å². The van der Waals surface area contributed by atoms with Gasteiger partial charge in [-0.2, -0.15) is 0 Å². The highest BCUT2D eigenvalue weighted by Gasteiger charge is 2.24. The number of rotatable bonds is 5. The number of nitrogens with zero attached hydrogens (tertiary/aromatic N) is 3. The molecule has 0 aromatic heterocycles. The maximum Gasteiger partial charge on any atom is 0.227 e. The van der Waals surface area contributed by atoms with Crippen molar-refractivity contribution in [2.24, 2.45) is 10.9 Å². The first-order valence-electron chi connectivity index (χ1n) is 9.05. The van der Waals surface area contributed by atoms with Gasteiger partial charge in [-0.25, -0.2) is 0 Å². The molecule has 1 amide bonds. The van der Waals surface area contributed by atoms with E-state index in [1.807, 2.05) is 24.1 Å². The Morgan fingerprint density at radius 1 is 1.32 bits per heavy atom. The molecule has 0 spiro atoms. The second-order valence-electron chi connectivity index (χ2n) is 6.77. The van der Waals surface area contributed by atoms with E-state index in [0.29, 0.717) is 12.3 Å². The zero-order chi connectivity index (χ0) is 17.6. The van der Waals surface area contributed by atoms with E-state index in [1.165, 1.54) is 5.56 Å². The first-order chi connectivity index (χ1) is 12.2. The van der Waals surface area contributed by atoms with Crippen molar-refractivity contribution in [3.05, 3.63) is 29.8 Å². The molecule has 136 valence electrons. The van der Waals surface area contributed by atoms with Gasteiger partial charge in [0, 0.05) is 58.4 Å². The van der Waals surface area contributed by atoms with Crippen LogP contribution in [0, 0.1) is 5.92 Å². The molecule has 1 aromatic rings. The van der Waals surface area contributed by atoms with E-state index >= 15 is 0 Å². The van der Waals surface area contributed by atoms with Gasteiger partial charge in [-0.05, 0) is 30.5 Å². The number of likely N-dealkylation sites (tertiary alicyclic amines) is 1. The first kappa shape index (κ1) is 17.7. The lowest BCUT2D eigenvalue weighted by atomic mass is 10.1. The van der Waals surface area contributed by atoms with Crippen LogP contribution in [-0.4, -0.2) is 57.2 Å². The summed E-state index contributed by atoms with van der Waals surface area (Å²) < 4.78 is 5.26. The van der Waals surface area contributed by atoms with Gasteiger partial charge in [0.15, 0.2) is 5.96 Å². The molecule has 1 unspecified atom stereocenters. The Kier molecular flexibility index (Phi) is 5.91. The number of methoxy groups -OCH3 is 1. The molecule has 1 atom stereocenters. The molecule has 6 heteroatoms. The van der Waals surface area contributed by atoms with Crippen LogP contribution in [0.3, 0.4) is 0 Å². The lowest BCUT2D eigenvalue weighted by Crippen LogP contribution is -2.39. The molecule has 0 aliphatic carbocycles. The number of anilines is 1. The fourth-order valence-corrected chi connectivity index (χ4v) is 3.63. The predicted molar refractivity (Wildman–Crippen MR) is 99.8 cm³/mol. The van der Waals surface area contributed by atoms with E-state index < -0.39 is 0 Å². The molecule has 0 bridgehead atoms. The van der Waals surface area contributed by atoms with Crippen molar-refractivity contribution < 1.29 is 9.53 Å². The zero-order valence-electron chi connectivity index (χ0n) is 15.2.